The normalized spacial score (nSPS) is 23.2. The van der Waals surface area contributed by atoms with Crippen LogP contribution in [-0.2, 0) is 0 Å². The molecule has 0 heteroatoms. The zero-order chi connectivity index (χ0) is 12.9. The highest BCUT2D eigenvalue weighted by molar-refractivity contribution is 5.39. The number of rotatable bonds is 3. The molecule has 2 unspecified atom stereocenters. The van der Waals surface area contributed by atoms with Crippen molar-refractivity contribution in [3.8, 4) is 0 Å². The fourth-order valence-electron chi connectivity index (χ4n) is 3.06. The first-order valence-corrected chi connectivity index (χ1v) is 7.20. The molecule has 0 saturated carbocycles. The Labute approximate surface area is 115 Å². The first-order chi connectivity index (χ1) is 9.45. The molecule has 19 heavy (non-hydrogen) atoms. The zero-order valence-corrected chi connectivity index (χ0v) is 11.2. The molecule has 0 spiro atoms. The average Bonchev–Trinajstić information content (AvgIpc) is 2.51. The third-order valence-corrected chi connectivity index (χ3v) is 3.98. The third-order valence-electron chi connectivity index (χ3n) is 3.98. The fourth-order valence-corrected chi connectivity index (χ4v) is 3.06. The molecule has 0 fully saturated rings. The van der Waals surface area contributed by atoms with Crippen LogP contribution in [0.1, 0.15) is 30.7 Å². The van der Waals surface area contributed by atoms with Gasteiger partial charge in [0.2, 0.25) is 0 Å². The van der Waals surface area contributed by atoms with Crippen LogP contribution < -0.4 is 0 Å². The lowest BCUT2D eigenvalue weighted by molar-refractivity contribution is 0.568. The minimum absolute atomic E-state index is 0.499. The van der Waals surface area contributed by atoms with Crippen molar-refractivity contribution in [1.82, 2.24) is 0 Å². The number of hydrogen-bond acceptors (Lipinski definition) is 0. The second-order valence-corrected chi connectivity index (χ2v) is 5.28. The van der Waals surface area contributed by atoms with Gasteiger partial charge in [0.15, 0.2) is 0 Å². The Bertz CT molecular complexity index is 528. The molecular formula is C19H20. The highest BCUT2D eigenvalue weighted by Gasteiger charge is 2.24. The number of benzene rings is 1. The molecule has 0 aromatic heterocycles. The third kappa shape index (κ3) is 2.78. The van der Waals surface area contributed by atoms with Crippen molar-refractivity contribution in [2.75, 3.05) is 0 Å². The summed E-state index contributed by atoms with van der Waals surface area (Å²) in [5.41, 5.74) is 2.92. The molecule has 0 amide bonds. The van der Waals surface area contributed by atoms with Gasteiger partial charge in [0.05, 0.1) is 0 Å². The van der Waals surface area contributed by atoms with Crippen LogP contribution in [0.15, 0.2) is 78.4 Å². The molecule has 3 rings (SSSR count). The lowest BCUT2D eigenvalue weighted by Gasteiger charge is -2.28. The van der Waals surface area contributed by atoms with Crippen LogP contribution in [0.3, 0.4) is 0 Å². The summed E-state index contributed by atoms with van der Waals surface area (Å²) in [6.45, 7) is 0. The molecule has 0 radical (unpaired) electrons. The predicted octanol–water partition coefficient (Wildman–Crippen LogP) is 5.18. The van der Waals surface area contributed by atoms with E-state index in [0.717, 1.165) is 6.42 Å². The zero-order valence-electron chi connectivity index (χ0n) is 11.2. The molecule has 1 aromatic rings. The summed E-state index contributed by atoms with van der Waals surface area (Å²) in [5.74, 6) is 1.08. The van der Waals surface area contributed by atoms with Crippen molar-refractivity contribution in [3.05, 3.63) is 84.0 Å². The molecule has 0 heterocycles. The maximum Gasteiger partial charge on any atom is 0.0152 e. The van der Waals surface area contributed by atoms with Crippen LogP contribution in [-0.4, -0.2) is 0 Å². The van der Waals surface area contributed by atoms with Gasteiger partial charge in [0.1, 0.15) is 0 Å². The van der Waals surface area contributed by atoms with Crippen LogP contribution in [0.5, 0.6) is 0 Å². The van der Waals surface area contributed by atoms with Gasteiger partial charge >= 0.3 is 0 Å². The Morgan fingerprint density at radius 2 is 1.84 bits per heavy atom. The molecule has 0 bridgehead atoms. The first-order valence-electron chi connectivity index (χ1n) is 7.20. The highest BCUT2D eigenvalue weighted by Crippen LogP contribution is 2.38. The molecule has 0 N–H and O–H groups in total. The van der Waals surface area contributed by atoms with Crippen molar-refractivity contribution in [2.45, 2.75) is 25.2 Å². The monoisotopic (exact) mass is 248 g/mol. The van der Waals surface area contributed by atoms with E-state index in [1.165, 1.54) is 24.0 Å². The Balaban J connectivity index is 1.96. The largest absolute Gasteiger partial charge is 0.0839 e. The molecule has 2 aliphatic carbocycles. The molecule has 1 aromatic carbocycles. The fraction of sp³-hybridized carbons (Fsp3) is 0.263. The Morgan fingerprint density at radius 3 is 2.53 bits per heavy atom. The number of allylic oxidation sites excluding steroid dienone is 8. The lowest BCUT2D eigenvalue weighted by Crippen LogP contribution is -2.14. The van der Waals surface area contributed by atoms with Gasteiger partial charge in [-0.2, -0.15) is 0 Å². The smallest absolute Gasteiger partial charge is 0.0152 e. The molecule has 0 saturated heterocycles. The Kier molecular flexibility index (Phi) is 3.78. The summed E-state index contributed by atoms with van der Waals surface area (Å²) in [7, 11) is 0. The van der Waals surface area contributed by atoms with Crippen LogP contribution in [0.2, 0.25) is 0 Å². The summed E-state index contributed by atoms with van der Waals surface area (Å²) in [4.78, 5) is 0. The van der Waals surface area contributed by atoms with Crippen LogP contribution >= 0.6 is 0 Å². The minimum Gasteiger partial charge on any atom is -0.0839 e. The van der Waals surface area contributed by atoms with E-state index >= 15 is 0 Å². The molecule has 2 atom stereocenters. The standard InChI is InChI=1S/C19H20/c1-4-10-16(11-5-1)19(17-12-6-2-7-13-17)18-14-8-3-9-15-18/h1-2,4-8,10-12,14-15,17,19H,3,9,13H2. The van der Waals surface area contributed by atoms with Gasteiger partial charge in [-0.25, -0.2) is 0 Å². The maximum absolute atomic E-state index is 2.42. The van der Waals surface area contributed by atoms with E-state index in [1.54, 1.807) is 0 Å². The maximum atomic E-state index is 2.42. The van der Waals surface area contributed by atoms with Crippen molar-refractivity contribution < 1.29 is 0 Å². The Hall–Kier alpha value is -1.82. The SMILES string of the molecule is C1=CCC(C(C2=CCCC=C2)c2ccccc2)C=C1. The topological polar surface area (TPSA) is 0 Å². The van der Waals surface area contributed by atoms with E-state index in [2.05, 4.69) is 72.9 Å². The van der Waals surface area contributed by atoms with Crippen molar-refractivity contribution >= 4 is 0 Å². The summed E-state index contributed by atoms with van der Waals surface area (Å²) in [5, 5.41) is 0. The Morgan fingerprint density at radius 1 is 0.947 bits per heavy atom. The predicted molar refractivity (Wildman–Crippen MR) is 82.0 cm³/mol. The lowest BCUT2D eigenvalue weighted by atomic mass is 9.76. The van der Waals surface area contributed by atoms with Crippen molar-refractivity contribution in [2.24, 2.45) is 5.92 Å². The average molecular weight is 248 g/mol. The van der Waals surface area contributed by atoms with Gasteiger partial charge in [-0.3, -0.25) is 0 Å². The van der Waals surface area contributed by atoms with Crippen molar-refractivity contribution in [3.63, 3.8) is 0 Å². The van der Waals surface area contributed by atoms with E-state index in [9.17, 15) is 0 Å². The first kappa shape index (κ1) is 12.2. The molecule has 0 nitrogen and oxygen atoms in total. The minimum atomic E-state index is 0.499. The second kappa shape index (κ2) is 5.88. The van der Waals surface area contributed by atoms with Crippen LogP contribution in [0.4, 0.5) is 0 Å². The van der Waals surface area contributed by atoms with Crippen LogP contribution in [0.25, 0.3) is 0 Å². The van der Waals surface area contributed by atoms with E-state index in [-0.39, 0.29) is 0 Å². The van der Waals surface area contributed by atoms with Gasteiger partial charge in [-0.15, -0.1) is 0 Å². The summed E-state index contributed by atoms with van der Waals surface area (Å²) in [6, 6.07) is 10.9. The summed E-state index contributed by atoms with van der Waals surface area (Å²) < 4.78 is 0. The van der Waals surface area contributed by atoms with Crippen molar-refractivity contribution in [1.29, 1.82) is 0 Å². The van der Waals surface area contributed by atoms with E-state index in [0.29, 0.717) is 11.8 Å². The van der Waals surface area contributed by atoms with Gasteiger partial charge < -0.3 is 0 Å². The highest BCUT2D eigenvalue weighted by atomic mass is 14.3. The quantitative estimate of drug-likeness (QED) is 0.691. The summed E-state index contributed by atoms with van der Waals surface area (Å²) >= 11 is 0. The molecule has 96 valence electrons. The van der Waals surface area contributed by atoms with Gasteiger partial charge in [0.25, 0.3) is 0 Å². The van der Waals surface area contributed by atoms with E-state index in [1.807, 2.05) is 0 Å². The molecule has 0 aliphatic heterocycles. The summed E-state index contributed by atoms with van der Waals surface area (Å²) in [6.07, 6.45) is 19.6. The number of hydrogen-bond donors (Lipinski definition) is 0. The van der Waals surface area contributed by atoms with Gasteiger partial charge in [0, 0.05) is 5.92 Å². The molecule has 2 aliphatic rings. The van der Waals surface area contributed by atoms with E-state index in [4.69, 9.17) is 0 Å². The second-order valence-electron chi connectivity index (χ2n) is 5.28. The van der Waals surface area contributed by atoms with E-state index < -0.39 is 0 Å². The van der Waals surface area contributed by atoms with Crippen LogP contribution in [0, 0.1) is 5.92 Å². The van der Waals surface area contributed by atoms with Gasteiger partial charge in [-0.05, 0) is 36.3 Å². The van der Waals surface area contributed by atoms with Gasteiger partial charge in [-0.1, -0.05) is 72.9 Å². The molecular weight excluding hydrogens is 228 g/mol.